The second-order valence-electron chi connectivity index (χ2n) is 4.81. The van der Waals surface area contributed by atoms with Crippen LogP contribution in [0, 0.1) is 0 Å². The standard InChI is InChI=1S/C14H15BrN4O2/c15-10-4-2-1-3-9(10)11-12(20)17-14(18-13(11)21)19-7-5-16-6-8-19/h1-4,16H,5-8H2,(H2,17,18,20,21). The second kappa shape index (κ2) is 5.87. The molecule has 0 atom stereocenters. The number of anilines is 1. The maximum absolute atomic E-state index is 12.3. The number of hydrogen-bond donors (Lipinski definition) is 3. The Morgan fingerprint density at radius 3 is 2.62 bits per heavy atom. The Hall–Kier alpha value is -1.86. The number of benzene rings is 1. The van der Waals surface area contributed by atoms with Gasteiger partial charge >= 0.3 is 0 Å². The van der Waals surface area contributed by atoms with E-state index in [0.717, 1.165) is 30.7 Å². The summed E-state index contributed by atoms with van der Waals surface area (Å²) >= 11 is 3.39. The summed E-state index contributed by atoms with van der Waals surface area (Å²) in [4.78, 5) is 21.2. The Morgan fingerprint density at radius 1 is 1.24 bits per heavy atom. The van der Waals surface area contributed by atoms with Gasteiger partial charge < -0.3 is 15.3 Å². The Kier molecular flexibility index (Phi) is 3.94. The van der Waals surface area contributed by atoms with Crippen LogP contribution in [0.5, 0.6) is 5.88 Å². The highest BCUT2D eigenvalue weighted by Gasteiger charge is 2.19. The fourth-order valence-corrected chi connectivity index (χ4v) is 2.87. The number of aromatic hydroxyl groups is 1. The lowest BCUT2D eigenvalue weighted by molar-refractivity contribution is 0.451. The molecule has 0 amide bonds. The van der Waals surface area contributed by atoms with Crippen LogP contribution in [0.4, 0.5) is 5.95 Å². The Balaban J connectivity index is 2.05. The molecule has 3 N–H and O–H groups in total. The number of aromatic nitrogens is 2. The molecule has 1 aliphatic rings. The number of halogens is 1. The highest BCUT2D eigenvalue weighted by molar-refractivity contribution is 9.10. The van der Waals surface area contributed by atoms with E-state index in [-0.39, 0.29) is 17.0 Å². The summed E-state index contributed by atoms with van der Waals surface area (Å²) < 4.78 is 0.738. The predicted octanol–water partition coefficient (Wildman–Crippen LogP) is 1.31. The SMILES string of the molecule is O=c1[nH]c(N2CCNCC2)nc(O)c1-c1ccccc1Br. The smallest absolute Gasteiger partial charge is 0.264 e. The van der Waals surface area contributed by atoms with Crippen LogP contribution in [-0.4, -0.2) is 41.3 Å². The number of aromatic amines is 1. The molecule has 3 rings (SSSR count). The van der Waals surface area contributed by atoms with Gasteiger partial charge in [0.1, 0.15) is 5.56 Å². The normalized spacial score (nSPS) is 15.2. The first kappa shape index (κ1) is 14.1. The summed E-state index contributed by atoms with van der Waals surface area (Å²) in [6, 6.07) is 7.24. The largest absolute Gasteiger partial charge is 0.493 e. The fraction of sp³-hybridized carbons (Fsp3) is 0.286. The molecule has 0 aliphatic carbocycles. The molecule has 6 nitrogen and oxygen atoms in total. The molecule has 0 unspecified atom stereocenters. The molecule has 1 saturated heterocycles. The Morgan fingerprint density at radius 2 is 1.95 bits per heavy atom. The molecule has 1 aromatic carbocycles. The van der Waals surface area contributed by atoms with E-state index < -0.39 is 0 Å². The topological polar surface area (TPSA) is 81.2 Å². The summed E-state index contributed by atoms with van der Waals surface area (Å²) in [6.45, 7) is 3.15. The Labute approximate surface area is 130 Å². The third-order valence-electron chi connectivity index (χ3n) is 3.45. The van der Waals surface area contributed by atoms with E-state index in [9.17, 15) is 9.90 Å². The average Bonchev–Trinajstić information content (AvgIpc) is 2.49. The summed E-state index contributed by atoms with van der Waals surface area (Å²) in [5.74, 6) is 0.161. The third kappa shape index (κ3) is 2.79. The van der Waals surface area contributed by atoms with E-state index in [1.807, 2.05) is 23.1 Å². The molecule has 21 heavy (non-hydrogen) atoms. The van der Waals surface area contributed by atoms with Crippen molar-refractivity contribution in [3.63, 3.8) is 0 Å². The Bertz CT molecular complexity index is 710. The van der Waals surface area contributed by atoms with Gasteiger partial charge in [0.25, 0.3) is 5.56 Å². The minimum absolute atomic E-state index is 0.182. The molecule has 0 radical (unpaired) electrons. The summed E-state index contributed by atoms with van der Waals surface area (Å²) in [6.07, 6.45) is 0. The number of H-pyrrole nitrogens is 1. The van der Waals surface area contributed by atoms with Gasteiger partial charge in [-0.15, -0.1) is 0 Å². The van der Waals surface area contributed by atoms with Crippen molar-refractivity contribution < 1.29 is 5.11 Å². The summed E-state index contributed by atoms with van der Waals surface area (Å²) in [7, 11) is 0. The average molecular weight is 351 g/mol. The zero-order valence-electron chi connectivity index (χ0n) is 11.3. The molecule has 2 heterocycles. The van der Waals surface area contributed by atoms with Gasteiger partial charge in [0.2, 0.25) is 11.8 Å². The number of nitrogens with zero attached hydrogens (tertiary/aromatic N) is 2. The number of piperazine rings is 1. The van der Waals surface area contributed by atoms with Gasteiger partial charge in [-0.2, -0.15) is 4.98 Å². The van der Waals surface area contributed by atoms with Crippen LogP contribution in [0.2, 0.25) is 0 Å². The van der Waals surface area contributed by atoms with Crippen molar-refractivity contribution in [1.29, 1.82) is 0 Å². The van der Waals surface area contributed by atoms with Crippen molar-refractivity contribution in [3.8, 4) is 17.0 Å². The van der Waals surface area contributed by atoms with Gasteiger partial charge in [-0.05, 0) is 6.07 Å². The molecule has 1 fully saturated rings. The van der Waals surface area contributed by atoms with E-state index in [0.29, 0.717) is 11.5 Å². The summed E-state index contributed by atoms with van der Waals surface area (Å²) in [5, 5.41) is 13.4. The van der Waals surface area contributed by atoms with Crippen LogP contribution < -0.4 is 15.8 Å². The van der Waals surface area contributed by atoms with Gasteiger partial charge in [0, 0.05) is 36.2 Å². The zero-order chi connectivity index (χ0) is 14.8. The minimum Gasteiger partial charge on any atom is -0.493 e. The fourth-order valence-electron chi connectivity index (χ4n) is 2.38. The highest BCUT2D eigenvalue weighted by Crippen LogP contribution is 2.30. The van der Waals surface area contributed by atoms with Crippen molar-refractivity contribution in [2.75, 3.05) is 31.1 Å². The highest BCUT2D eigenvalue weighted by atomic mass is 79.9. The zero-order valence-corrected chi connectivity index (χ0v) is 12.9. The lowest BCUT2D eigenvalue weighted by Gasteiger charge is -2.27. The van der Waals surface area contributed by atoms with Crippen LogP contribution in [0.25, 0.3) is 11.1 Å². The van der Waals surface area contributed by atoms with Crippen LogP contribution in [0.3, 0.4) is 0 Å². The maximum Gasteiger partial charge on any atom is 0.264 e. The lowest BCUT2D eigenvalue weighted by Crippen LogP contribution is -2.44. The van der Waals surface area contributed by atoms with Gasteiger partial charge in [-0.3, -0.25) is 9.78 Å². The van der Waals surface area contributed by atoms with Crippen LogP contribution >= 0.6 is 15.9 Å². The second-order valence-corrected chi connectivity index (χ2v) is 5.66. The molecule has 7 heteroatoms. The van der Waals surface area contributed by atoms with Crippen molar-refractivity contribution in [3.05, 3.63) is 39.1 Å². The molecule has 0 bridgehead atoms. The summed E-state index contributed by atoms with van der Waals surface area (Å²) in [5.41, 5.74) is 0.458. The molecular weight excluding hydrogens is 336 g/mol. The van der Waals surface area contributed by atoms with Crippen molar-refractivity contribution >= 4 is 21.9 Å². The first-order valence-electron chi connectivity index (χ1n) is 6.70. The first-order chi connectivity index (χ1) is 10.2. The molecular formula is C14H15BrN4O2. The van der Waals surface area contributed by atoms with Crippen LogP contribution in [0.1, 0.15) is 0 Å². The number of nitrogens with one attached hydrogen (secondary N) is 2. The minimum atomic E-state index is -0.345. The van der Waals surface area contributed by atoms with E-state index >= 15 is 0 Å². The van der Waals surface area contributed by atoms with Crippen molar-refractivity contribution in [1.82, 2.24) is 15.3 Å². The molecule has 1 aliphatic heterocycles. The van der Waals surface area contributed by atoms with Crippen molar-refractivity contribution in [2.24, 2.45) is 0 Å². The molecule has 110 valence electrons. The molecule has 0 spiro atoms. The lowest BCUT2D eigenvalue weighted by atomic mass is 10.1. The van der Waals surface area contributed by atoms with E-state index in [2.05, 4.69) is 31.2 Å². The quantitative estimate of drug-likeness (QED) is 0.760. The first-order valence-corrected chi connectivity index (χ1v) is 7.50. The molecule has 1 aromatic heterocycles. The predicted molar refractivity (Wildman–Crippen MR) is 84.7 cm³/mol. The van der Waals surface area contributed by atoms with Crippen molar-refractivity contribution in [2.45, 2.75) is 0 Å². The van der Waals surface area contributed by atoms with E-state index in [4.69, 9.17) is 0 Å². The van der Waals surface area contributed by atoms with E-state index in [1.54, 1.807) is 6.07 Å². The third-order valence-corrected chi connectivity index (χ3v) is 4.14. The number of hydrogen-bond acceptors (Lipinski definition) is 5. The van der Waals surface area contributed by atoms with Crippen LogP contribution in [0.15, 0.2) is 33.5 Å². The number of rotatable bonds is 2. The van der Waals surface area contributed by atoms with Gasteiger partial charge in [-0.1, -0.05) is 34.1 Å². The monoisotopic (exact) mass is 350 g/mol. The molecule has 2 aromatic rings. The van der Waals surface area contributed by atoms with Crippen LogP contribution in [-0.2, 0) is 0 Å². The molecule has 0 saturated carbocycles. The van der Waals surface area contributed by atoms with Gasteiger partial charge in [0.05, 0.1) is 0 Å². The van der Waals surface area contributed by atoms with E-state index in [1.165, 1.54) is 0 Å². The van der Waals surface area contributed by atoms with Gasteiger partial charge in [-0.25, -0.2) is 0 Å². The van der Waals surface area contributed by atoms with Gasteiger partial charge in [0.15, 0.2) is 0 Å². The maximum atomic E-state index is 12.3.